The summed E-state index contributed by atoms with van der Waals surface area (Å²) in [6, 6.07) is 0.366. The average molecular weight is 283 g/mol. The van der Waals surface area contributed by atoms with E-state index >= 15 is 0 Å². The van der Waals surface area contributed by atoms with Gasteiger partial charge in [-0.1, -0.05) is 0 Å². The van der Waals surface area contributed by atoms with Crippen molar-refractivity contribution in [2.75, 3.05) is 26.8 Å². The lowest BCUT2D eigenvalue weighted by atomic mass is 10.0. The summed E-state index contributed by atoms with van der Waals surface area (Å²) >= 11 is 0. The molecule has 0 aromatic carbocycles. The van der Waals surface area contributed by atoms with E-state index in [9.17, 15) is 9.59 Å². The highest BCUT2D eigenvalue weighted by atomic mass is 16.5. The van der Waals surface area contributed by atoms with Crippen LogP contribution < -0.4 is 11.1 Å². The summed E-state index contributed by atoms with van der Waals surface area (Å²) in [4.78, 5) is 25.6. The van der Waals surface area contributed by atoms with Crippen LogP contribution in [-0.4, -0.2) is 55.6 Å². The minimum atomic E-state index is 0.0269. The largest absolute Gasteiger partial charge is 0.375 e. The highest BCUT2D eigenvalue weighted by Crippen LogP contribution is 2.24. The minimum absolute atomic E-state index is 0.0269. The van der Waals surface area contributed by atoms with Crippen LogP contribution in [0.15, 0.2) is 0 Å². The second-order valence-corrected chi connectivity index (χ2v) is 5.87. The first kappa shape index (κ1) is 15.3. The Morgan fingerprint density at radius 1 is 1.25 bits per heavy atom. The molecule has 6 nitrogen and oxygen atoms in total. The number of carbonyl (C=O) groups is 2. The molecule has 114 valence electrons. The molecule has 0 aromatic heterocycles. The maximum atomic E-state index is 12.1. The van der Waals surface area contributed by atoms with E-state index in [1.54, 1.807) is 4.90 Å². The molecule has 3 N–H and O–H groups in total. The zero-order valence-corrected chi connectivity index (χ0v) is 12.1. The van der Waals surface area contributed by atoms with Crippen molar-refractivity contribution in [1.82, 2.24) is 10.2 Å². The fraction of sp³-hybridized carbons (Fsp3) is 0.857. The van der Waals surface area contributed by atoms with E-state index < -0.39 is 0 Å². The van der Waals surface area contributed by atoms with Crippen molar-refractivity contribution in [3.05, 3.63) is 0 Å². The third kappa shape index (κ3) is 3.93. The van der Waals surface area contributed by atoms with Gasteiger partial charge in [0, 0.05) is 38.2 Å². The van der Waals surface area contributed by atoms with Gasteiger partial charge in [0.1, 0.15) is 6.61 Å². The second kappa shape index (κ2) is 7.04. The molecule has 6 heteroatoms. The number of methoxy groups -OCH3 is 1. The van der Waals surface area contributed by atoms with Crippen molar-refractivity contribution in [2.45, 2.75) is 44.2 Å². The van der Waals surface area contributed by atoms with Crippen LogP contribution in [0.5, 0.6) is 0 Å². The summed E-state index contributed by atoms with van der Waals surface area (Å²) in [7, 11) is 1.52. The Hall–Kier alpha value is -1.14. The molecular weight excluding hydrogens is 258 g/mol. The number of ether oxygens (including phenoxy) is 1. The molecule has 1 aliphatic carbocycles. The van der Waals surface area contributed by atoms with Crippen LogP contribution in [-0.2, 0) is 14.3 Å². The first-order valence-corrected chi connectivity index (χ1v) is 7.42. The second-order valence-electron chi connectivity index (χ2n) is 5.87. The van der Waals surface area contributed by atoms with Crippen molar-refractivity contribution in [1.29, 1.82) is 0 Å². The van der Waals surface area contributed by atoms with Gasteiger partial charge in [-0.05, 0) is 32.1 Å². The minimum Gasteiger partial charge on any atom is -0.375 e. The predicted molar refractivity (Wildman–Crippen MR) is 74.9 cm³/mol. The van der Waals surface area contributed by atoms with Crippen molar-refractivity contribution in [3.8, 4) is 0 Å². The first-order valence-electron chi connectivity index (χ1n) is 7.42. The molecular formula is C14H25N3O3. The van der Waals surface area contributed by atoms with Gasteiger partial charge in [0.15, 0.2) is 0 Å². The molecule has 0 aromatic rings. The van der Waals surface area contributed by atoms with Gasteiger partial charge in [-0.25, -0.2) is 0 Å². The first-order chi connectivity index (χ1) is 9.60. The molecule has 1 heterocycles. The Kier molecular flexibility index (Phi) is 5.37. The Bertz CT molecular complexity index is 354. The smallest absolute Gasteiger partial charge is 0.248 e. The van der Waals surface area contributed by atoms with E-state index in [1.807, 2.05) is 0 Å². The third-order valence-corrected chi connectivity index (χ3v) is 4.31. The molecule has 2 unspecified atom stereocenters. The van der Waals surface area contributed by atoms with E-state index in [0.29, 0.717) is 13.1 Å². The predicted octanol–water partition coefficient (Wildman–Crippen LogP) is -0.133. The van der Waals surface area contributed by atoms with Crippen LogP contribution in [0, 0.1) is 5.92 Å². The van der Waals surface area contributed by atoms with E-state index in [-0.39, 0.29) is 36.4 Å². The quantitative estimate of drug-likeness (QED) is 0.752. The van der Waals surface area contributed by atoms with Gasteiger partial charge < -0.3 is 20.7 Å². The summed E-state index contributed by atoms with van der Waals surface area (Å²) in [5.41, 5.74) is 5.84. The average Bonchev–Trinajstić information content (AvgIpc) is 2.86. The van der Waals surface area contributed by atoms with Crippen LogP contribution in [0.2, 0.25) is 0 Å². The molecule has 2 atom stereocenters. The number of rotatable bonds is 4. The number of nitrogens with two attached hydrogens (primary N) is 1. The molecule has 2 fully saturated rings. The SMILES string of the molecule is COCC(=O)N1CCC(NC(=O)C2CCC(N)C2)CC1. The van der Waals surface area contributed by atoms with Crippen molar-refractivity contribution >= 4 is 11.8 Å². The molecule has 20 heavy (non-hydrogen) atoms. The van der Waals surface area contributed by atoms with Crippen LogP contribution in [0.4, 0.5) is 0 Å². The van der Waals surface area contributed by atoms with E-state index in [4.69, 9.17) is 10.5 Å². The van der Waals surface area contributed by atoms with Gasteiger partial charge in [-0.2, -0.15) is 0 Å². The zero-order valence-electron chi connectivity index (χ0n) is 12.1. The zero-order chi connectivity index (χ0) is 14.5. The standard InChI is InChI=1S/C14H25N3O3/c1-20-9-13(18)17-6-4-12(5-7-17)16-14(19)10-2-3-11(15)8-10/h10-12H,2-9,15H2,1H3,(H,16,19). The topological polar surface area (TPSA) is 84.7 Å². The maximum Gasteiger partial charge on any atom is 0.248 e. The van der Waals surface area contributed by atoms with Gasteiger partial charge in [0.2, 0.25) is 11.8 Å². The molecule has 2 aliphatic rings. The van der Waals surface area contributed by atoms with Gasteiger partial charge in [0.05, 0.1) is 0 Å². The number of likely N-dealkylation sites (tertiary alicyclic amines) is 1. The fourth-order valence-corrected chi connectivity index (χ4v) is 3.06. The highest BCUT2D eigenvalue weighted by molar-refractivity contribution is 5.79. The van der Waals surface area contributed by atoms with Crippen LogP contribution in [0.25, 0.3) is 0 Å². The number of nitrogens with zero attached hydrogens (tertiary/aromatic N) is 1. The van der Waals surface area contributed by atoms with Gasteiger partial charge in [-0.15, -0.1) is 0 Å². The van der Waals surface area contributed by atoms with E-state index in [2.05, 4.69) is 5.32 Å². The van der Waals surface area contributed by atoms with Gasteiger partial charge >= 0.3 is 0 Å². The van der Waals surface area contributed by atoms with E-state index in [1.165, 1.54) is 7.11 Å². The Morgan fingerprint density at radius 3 is 2.50 bits per heavy atom. The van der Waals surface area contributed by atoms with Crippen molar-refractivity contribution < 1.29 is 14.3 Å². The molecule has 1 saturated heterocycles. The number of nitrogens with one attached hydrogen (secondary N) is 1. The summed E-state index contributed by atoms with van der Waals surface area (Å²) in [6.45, 7) is 1.52. The number of hydrogen-bond acceptors (Lipinski definition) is 4. The molecule has 1 aliphatic heterocycles. The Labute approximate surface area is 120 Å². The van der Waals surface area contributed by atoms with Gasteiger partial charge in [-0.3, -0.25) is 9.59 Å². The van der Waals surface area contributed by atoms with Gasteiger partial charge in [0.25, 0.3) is 0 Å². The molecule has 0 bridgehead atoms. The highest BCUT2D eigenvalue weighted by Gasteiger charge is 2.30. The van der Waals surface area contributed by atoms with Crippen molar-refractivity contribution in [2.24, 2.45) is 11.7 Å². The number of hydrogen-bond donors (Lipinski definition) is 2. The monoisotopic (exact) mass is 283 g/mol. The molecule has 2 rings (SSSR count). The van der Waals surface area contributed by atoms with Crippen molar-refractivity contribution in [3.63, 3.8) is 0 Å². The third-order valence-electron chi connectivity index (χ3n) is 4.31. The summed E-state index contributed by atoms with van der Waals surface area (Å²) < 4.78 is 4.85. The molecule has 1 saturated carbocycles. The maximum absolute atomic E-state index is 12.1. The summed E-state index contributed by atoms with van der Waals surface area (Å²) in [5.74, 6) is 0.247. The number of carbonyl (C=O) groups excluding carboxylic acids is 2. The van der Waals surface area contributed by atoms with Crippen LogP contribution >= 0.6 is 0 Å². The normalized spacial score (nSPS) is 27.6. The lowest BCUT2D eigenvalue weighted by Crippen LogP contribution is -2.48. The summed E-state index contributed by atoms with van der Waals surface area (Å²) in [5, 5.41) is 3.11. The molecule has 2 amide bonds. The van der Waals surface area contributed by atoms with Crippen LogP contribution in [0.1, 0.15) is 32.1 Å². The number of piperidine rings is 1. The lowest BCUT2D eigenvalue weighted by Gasteiger charge is -2.32. The van der Waals surface area contributed by atoms with E-state index in [0.717, 1.165) is 32.1 Å². The Morgan fingerprint density at radius 2 is 1.95 bits per heavy atom. The lowest BCUT2D eigenvalue weighted by molar-refractivity contribution is -0.136. The number of amides is 2. The summed E-state index contributed by atoms with van der Waals surface area (Å²) in [6.07, 6.45) is 4.29. The molecule has 0 radical (unpaired) electrons. The molecule has 0 spiro atoms. The fourth-order valence-electron chi connectivity index (χ4n) is 3.06. The van der Waals surface area contributed by atoms with Crippen LogP contribution in [0.3, 0.4) is 0 Å². The Balaban J connectivity index is 1.71.